The molecule has 0 saturated heterocycles. The molecule has 3 N–H and O–H groups in total. The molecule has 3 rings (SSSR count). The number of hydrogen-bond acceptors (Lipinski definition) is 7. The van der Waals surface area contributed by atoms with Crippen LogP contribution < -0.4 is 21.8 Å². The minimum absolute atomic E-state index is 0.0141. The van der Waals surface area contributed by atoms with Crippen molar-refractivity contribution in [3.63, 3.8) is 0 Å². The second kappa shape index (κ2) is 10.3. The minimum Gasteiger partial charge on any atom is -0.505 e. The standard InChI is InChI=1S/C24H29N5O5/c1-27(2)22(31)16-12-9-13-17(21(16)30)25-19-20(24(33)29(4)28(3)23(19)32)26-18(14-34-5)15-10-7-6-8-11-15/h6-13,18,25-26,30H,14H2,1-5H3. The van der Waals surface area contributed by atoms with Crippen LogP contribution in [0.25, 0.3) is 0 Å². The summed E-state index contributed by atoms with van der Waals surface area (Å²) in [5.41, 5.74) is 0.0297. The fraction of sp³-hybridized carbons (Fsp3) is 0.292. The molecule has 180 valence electrons. The Balaban J connectivity index is 2.14. The number of methoxy groups -OCH3 is 1. The monoisotopic (exact) mass is 467 g/mol. The zero-order chi connectivity index (χ0) is 25.0. The molecule has 10 heteroatoms. The van der Waals surface area contributed by atoms with E-state index in [9.17, 15) is 19.5 Å². The number of para-hydroxylation sites is 1. The highest BCUT2D eigenvalue weighted by Crippen LogP contribution is 2.32. The summed E-state index contributed by atoms with van der Waals surface area (Å²) >= 11 is 0. The van der Waals surface area contributed by atoms with E-state index in [1.54, 1.807) is 27.3 Å². The summed E-state index contributed by atoms with van der Waals surface area (Å²) in [6, 6.07) is 13.5. The maximum absolute atomic E-state index is 13.2. The van der Waals surface area contributed by atoms with Gasteiger partial charge in [0.25, 0.3) is 17.0 Å². The number of ether oxygens (including phenoxy) is 1. The van der Waals surface area contributed by atoms with Crippen molar-refractivity contribution in [1.82, 2.24) is 14.3 Å². The lowest BCUT2D eigenvalue weighted by molar-refractivity contribution is 0.0824. The highest BCUT2D eigenvalue weighted by atomic mass is 16.5. The van der Waals surface area contributed by atoms with E-state index < -0.39 is 23.1 Å². The van der Waals surface area contributed by atoms with Crippen molar-refractivity contribution in [2.45, 2.75) is 6.04 Å². The van der Waals surface area contributed by atoms with Crippen LogP contribution in [0.4, 0.5) is 17.1 Å². The SMILES string of the molecule is COCC(Nc1c(Nc2cccc(C(=O)N(C)C)c2O)c(=O)n(C)n(C)c1=O)c1ccccc1. The number of benzene rings is 2. The Kier molecular flexibility index (Phi) is 7.42. The number of phenols is 1. The summed E-state index contributed by atoms with van der Waals surface area (Å²) in [5, 5.41) is 16.8. The molecule has 1 heterocycles. The number of carbonyl (C=O) groups is 1. The van der Waals surface area contributed by atoms with Crippen LogP contribution in [0, 0.1) is 0 Å². The van der Waals surface area contributed by atoms with Crippen molar-refractivity contribution in [1.29, 1.82) is 0 Å². The van der Waals surface area contributed by atoms with Gasteiger partial charge >= 0.3 is 0 Å². The van der Waals surface area contributed by atoms with Gasteiger partial charge in [0.2, 0.25) is 0 Å². The van der Waals surface area contributed by atoms with E-state index >= 15 is 0 Å². The van der Waals surface area contributed by atoms with Crippen LogP contribution in [0.5, 0.6) is 5.75 Å². The van der Waals surface area contributed by atoms with Gasteiger partial charge in [0, 0.05) is 35.3 Å². The number of amides is 1. The van der Waals surface area contributed by atoms with E-state index in [1.807, 2.05) is 30.3 Å². The lowest BCUT2D eigenvalue weighted by Crippen LogP contribution is -2.38. The van der Waals surface area contributed by atoms with Gasteiger partial charge < -0.3 is 25.4 Å². The zero-order valence-corrected chi connectivity index (χ0v) is 19.8. The van der Waals surface area contributed by atoms with Crippen molar-refractivity contribution in [3.05, 3.63) is 80.4 Å². The molecular formula is C24H29N5O5. The molecule has 1 amide bonds. The summed E-state index contributed by atoms with van der Waals surface area (Å²) in [5.74, 6) is -0.730. The summed E-state index contributed by atoms with van der Waals surface area (Å²) in [6.45, 7) is 0.236. The van der Waals surface area contributed by atoms with Crippen LogP contribution in [-0.2, 0) is 18.8 Å². The molecule has 1 atom stereocenters. The molecule has 1 aromatic heterocycles. The van der Waals surface area contributed by atoms with Gasteiger partial charge in [0.15, 0.2) is 5.75 Å². The van der Waals surface area contributed by atoms with Gasteiger partial charge in [-0.05, 0) is 17.7 Å². The first-order chi connectivity index (χ1) is 16.2. The lowest BCUT2D eigenvalue weighted by Gasteiger charge is -2.23. The van der Waals surface area contributed by atoms with E-state index in [-0.39, 0.29) is 35.0 Å². The minimum atomic E-state index is -0.502. The van der Waals surface area contributed by atoms with E-state index in [0.29, 0.717) is 0 Å². The Morgan fingerprint density at radius 3 is 2.21 bits per heavy atom. The molecule has 0 bridgehead atoms. The molecule has 0 radical (unpaired) electrons. The quantitative estimate of drug-likeness (QED) is 0.434. The third kappa shape index (κ3) is 4.81. The lowest BCUT2D eigenvalue weighted by atomic mass is 10.1. The summed E-state index contributed by atoms with van der Waals surface area (Å²) in [6.07, 6.45) is 0. The Morgan fingerprint density at radius 1 is 1.00 bits per heavy atom. The van der Waals surface area contributed by atoms with Crippen molar-refractivity contribution in [2.75, 3.05) is 38.4 Å². The summed E-state index contributed by atoms with van der Waals surface area (Å²) in [4.78, 5) is 40.2. The third-order valence-corrected chi connectivity index (χ3v) is 5.50. The predicted molar refractivity (Wildman–Crippen MR) is 131 cm³/mol. The van der Waals surface area contributed by atoms with Gasteiger partial charge in [-0.3, -0.25) is 14.4 Å². The number of rotatable bonds is 8. The van der Waals surface area contributed by atoms with E-state index in [0.717, 1.165) is 10.2 Å². The maximum atomic E-state index is 13.2. The van der Waals surface area contributed by atoms with Gasteiger partial charge in [-0.1, -0.05) is 36.4 Å². The molecule has 0 fully saturated rings. The van der Waals surface area contributed by atoms with Gasteiger partial charge in [-0.25, -0.2) is 9.36 Å². The first-order valence-corrected chi connectivity index (χ1v) is 10.6. The smallest absolute Gasteiger partial charge is 0.290 e. The molecule has 1 unspecified atom stereocenters. The van der Waals surface area contributed by atoms with E-state index in [4.69, 9.17) is 4.74 Å². The normalized spacial score (nSPS) is 11.7. The molecular weight excluding hydrogens is 438 g/mol. The first kappa shape index (κ1) is 24.6. The second-order valence-corrected chi connectivity index (χ2v) is 8.00. The van der Waals surface area contributed by atoms with Crippen LogP contribution in [0.2, 0.25) is 0 Å². The number of nitrogens with zero attached hydrogens (tertiary/aromatic N) is 3. The Hall–Kier alpha value is -4.05. The fourth-order valence-electron chi connectivity index (χ4n) is 3.50. The van der Waals surface area contributed by atoms with E-state index in [1.165, 1.54) is 35.8 Å². The van der Waals surface area contributed by atoms with Gasteiger partial charge in [-0.2, -0.15) is 0 Å². The largest absolute Gasteiger partial charge is 0.505 e. The summed E-state index contributed by atoms with van der Waals surface area (Å²) in [7, 11) is 7.64. The average molecular weight is 468 g/mol. The number of carbonyl (C=O) groups excluding carboxylic acids is 1. The molecule has 0 saturated carbocycles. The molecule has 2 aromatic carbocycles. The fourth-order valence-corrected chi connectivity index (χ4v) is 3.50. The topological polar surface area (TPSA) is 118 Å². The number of anilines is 3. The predicted octanol–water partition coefficient (Wildman–Crippen LogP) is 2.03. The number of phenolic OH excluding ortho intramolecular Hbond substituents is 1. The number of nitrogens with one attached hydrogen (secondary N) is 2. The van der Waals surface area contributed by atoms with Crippen molar-refractivity contribution in [3.8, 4) is 5.75 Å². The van der Waals surface area contributed by atoms with Crippen LogP contribution >= 0.6 is 0 Å². The van der Waals surface area contributed by atoms with Crippen LogP contribution in [0.3, 0.4) is 0 Å². The van der Waals surface area contributed by atoms with E-state index in [2.05, 4.69) is 10.6 Å². The van der Waals surface area contributed by atoms with Crippen molar-refractivity contribution >= 4 is 23.0 Å². The zero-order valence-electron chi connectivity index (χ0n) is 19.8. The molecule has 0 spiro atoms. The number of aromatic hydroxyl groups is 1. The highest BCUT2D eigenvalue weighted by Gasteiger charge is 2.23. The van der Waals surface area contributed by atoms with Crippen molar-refractivity contribution < 1.29 is 14.6 Å². The van der Waals surface area contributed by atoms with Crippen LogP contribution in [0.1, 0.15) is 22.0 Å². The highest BCUT2D eigenvalue weighted by molar-refractivity contribution is 5.98. The van der Waals surface area contributed by atoms with Gasteiger partial charge in [-0.15, -0.1) is 0 Å². The van der Waals surface area contributed by atoms with Gasteiger partial charge in [0.05, 0.1) is 23.9 Å². The summed E-state index contributed by atoms with van der Waals surface area (Å²) < 4.78 is 7.69. The van der Waals surface area contributed by atoms with Crippen LogP contribution in [-0.4, -0.2) is 53.1 Å². The number of aromatic nitrogens is 2. The number of hydrogen-bond donors (Lipinski definition) is 3. The second-order valence-electron chi connectivity index (χ2n) is 8.00. The molecule has 0 aliphatic heterocycles. The Labute approximate surface area is 197 Å². The maximum Gasteiger partial charge on any atom is 0.290 e. The van der Waals surface area contributed by atoms with Gasteiger partial charge in [0.1, 0.15) is 11.4 Å². The molecule has 0 aliphatic rings. The molecule has 3 aromatic rings. The Bertz CT molecular complexity index is 1300. The Morgan fingerprint density at radius 2 is 1.62 bits per heavy atom. The molecule has 0 aliphatic carbocycles. The van der Waals surface area contributed by atoms with Crippen LogP contribution in [0.15, 0.2) is 58.1 Å². The average Bonchev–Trinajstić information content (AvgIpc) is 2.83. The third-order valence-electron chi connectivity index (χ3n) is 5.50. The molecule has 10 nitrogen and oxygen atoms in total. The van der Waals surface area contributed by atoms with Crippen molar-refractivity contribution in [2.24, 2.45) is 14.1 Å². The first-order valence-electron chi connectivity index (χ1n) is 10.6. The molecule has 34 heavy (non-hydrogen) atoms.